The summed E-state index contributed by atoms with van der Waals surface area (Å²) in [6.45, 7) is 0.797. The lowest BCUT2D eigenvalue weighted by atomic mass is 10.1. The van der Waals surface area contributed by atoms with E-state index in [9.17, 15) is 14.7 Å². The van der Waals surface area contributed by atoms with E-state index in [1.54, 1.807) is 0 Å². The molecule has 1 aromatic rings. The number of amides is 1. The Hall–Kier alpha value is -2.02. The Morgan fingerprint density at radius 3 is 2.28 bits per heavy atom. The minimum Gasteiger partial charge on any atom is -0.476 e. The van der Waals surface area contributed by atoms with Crippen LogP contribution < -0.4 is 0 Å². The second-order valence-corrected chi connectivity index (χ2v) is 4.08. The maximum atomic E-state index is 12.1. The molecule has 0 spiro atoms. The van der Waals surface area contributed by atoms with Crippen LogP contribution >= 0.6 is 0 Å². The van der Waals surface area contributed by atoms with Crippen LogP contribution in [0.5, 0.6) is 0 Å². The van der Waals surface area contributed by atoms with Gasteiger partial charge >= 0.3 is 5.97 Å². The van der Waals surface area contributed by atoms with Crippen LogP contribution in [0.1, 0.15) is 33.8 Å². The zero-order chi connectivity index (χ0) is 13.1. The highest BCUT2D eigenvalue weighted by Crippen LogP contribution is 2.14. The molecular weight excluding hydrogens is 238 g/mol. The molecular formula is C11H13N3O4. The van der Waals surface area contributed by atoms with E-state index >= 15 is 0 Å². The summed E-state index contributed by atoms with van der Waals surface area (Å²) in [4.78, 5) is 32.0. The first-order chi connectivity index (χ1) is 8.59. The van der Waals surface area contributed by atoms with Gasteiger partial charge < -0.3 is 15.1 Å². The zero-order valence-electron chi connectivity index (χ0n) is 9.61. The molecule has 1 amide bonds. The number of rotatable bonds is 2. The Morgan fingerprint density at radius 1 is 1.17 bits per heavy atom. The van der Waals surface area contributed by atoms with Crippen molar-refractivity contribution >= 4 is 11.9 Å². The van der Waals surface area contributed by atoms with Crippen LogP contribution in [0, 0.1) is 0 Å². The van der Waals surface area contributed by atoms with Gasteiger partial charge in [-0.25, -0.2) is 14.8 Å². The van der Waals surface area contributed by atoms with E-state index in [1.165, 1.54) is 17.3 Å². The molecule has 1 aliphatic heterocycles. The Morgan fingerprint density at radius 2 is 1.72 bits per heavy atom. The predicted molar refractivity (Wildman–Crippen MR) is 60.1 cm³/mol. The van der Waals surface area contributed by atoms with Crippen molar-refractivity contribution in [1.29, 1.82) is 0 Å². The first-order valence-corrected chi connectivity index (χ1v) is 5.61. The average Bonchev–Trinajstić information content (AvgIpc) is 2.39. The molecule has 1 aromatic heterocycles. The lowest BCUT2D eigenvalue weighted by Gasteiger charge is -2.29. The van der Waals surface area contributed by atoms with E-state index in [-0.39, 0.29) is 11.4 Å². The standard InChI is InChI=1S/C11H13N3O4/c15-7-1-5-14(6-2-7)10(16)8-9(11(17)18)13-4-3-12-8/h3-4,7,15H,1-2,5-6H2,(H,17,18). The van der Waals surface area contributed by atoms with Crippen molar-refractivity contribution in [2.75, 3.05) is 13.1 Å². The first kappa shape index (κ1) is 12.4. The van der Waals surface area contributed by atoms with Crippen LogP contribution in [0.4, 0.5) is 0 Å². The Balaban J connectivity index is 2.21. The largest absolute Gasteiger partial charge is 0.476 e. The zero-order valence-corrected chi connectivity index (χ0v) is 9.61. The monoisotopic (exact) mass is 251 g/mol. The van der Waals surface area contributed by atoms with E-state index < -0.39 is 18.0 Å². The van der Waals surface area contributed by atoms with Gasteiger partial charge in [0, 0.05) is 25.5 Å². The average molecular weight is 251 g/mol. The van der Waals surface area contributed by atoms with Crippen molar-refractivity contribution in [1.82, 2.24) is 14.9 Å². The van der Waals surface area contributed by atoms with Gasteiger partial charge in [-0.1, -0.05) is 0 Å². The molecule has 0 aromatic carbocycles. The number of piperidine rings is 1. The number of carboxylic acids is 1. The van der Waals surface area contributed by atoms with Crippen LogP contribution in [-0.2, 0) is 0 Å². The fourth-order valence-corrected chi connectivity index (χ4v) is 1.87. The minimum atomic E-state index is -1.27. The van der Waals surface area contributed by atoms with Crippen molar-refractivity contribution in [3.05, 3.63) is 23.8 Å². The lowest BCUT2D eigenvalue weighted by molar-refractivity contribution is 0.0529. The molecule has 2 N–H and O–H groups in total. The second kappa shape index (κ2) is 5.09. The van der Waals surface area contributed by atoms with Gasteiger partial charge in [0.15, 0.2) is 11.4 Å². The fourth-order valence-electron chi connectivity index (χ4n) is 1.87. The summed E-state index contributed by atoms with van der Waals surface area (Å²) in [5.41, 5.74) is -0.491. The van der Waals surface area contributed by atoms with Gasteiger partial charge in [0.1, 0.15) is 0 Å². The smallest absolute Gasteiger partial charge is 0.356 e. The molecule has 18 heavy (non-hydrogen) atoms. The number of hydrogen-bond acceptors (Lipinski definition) is 5. The van der Waals surface area contributed by atoms with Gasteiger partial charge in [0.2, 0.25) is 0 Å². The summed E-state index contributed by atoms with van der Waals surface area (Å²) in [6, 6.07) is 0. The Bertz CT molecular complexity index is 469. The second-order valence-electron chi connectivity index (χ2n) is 4.08. The Labute approximate surface area is 103 Å². The third kappa shape index (κ3) is 2.45. The number of aromatic nitrogens is 2. The molecule has 96 valence electrons. The third-order valence-corrected chi connectivity index (χ3v) is 2.86. The highest BCUT2D eigenvalue weighted by molar-refractivity contribution is 6.01. The van der Waals surface area contributed by atoms with Crippen LogP contribution in [0.15, 0.2) is 12.4 Å². The number of aliphatic hydroxyl groups excluding tert-OH is 1. The number of aliphatic hydroxyl groups is 1. The molecule has 1 fully saturated rings. The molecule has 0 bridgehead atoms. The van der Waals surface area contributed by atoms with E-state index in [4.69, 9.17) is 5.11 Å². The van der Waals surface area contributed by atoms with Gasteiger partial charge in [-0.05, 0) is 12.8 Å². The SMILES string of the molecule is O=C(O)c1nccnc1C(=O)N1CCC(O)CC1. The molecule has 0 saturated carbocycles. The van der Waals surface area contributed by atoms with E-state index in [2.05, 4.69) is 9.97 Å². The van der Waals surface area contributed by atoms with Crippen LogP contribution in [0.3, 0.4) is 0 Å². The van der Waals surface area contributed by atoms with Gasteiger partial charge in [0.05, 0.1) is 6.10 Å². The molecule has 0 radical (unpaired) electrons. The van der Waals surface area contributed by atoms with Crippen LogP contribution in [-0.4, -0.2) is 56.2 Å². The van der Waals surface area contributed by atoms with E-state index in [0.717, 1.165) is 0 Å². The van der Waals surface area contributed by atoms with Gasteiger partial charge in [-0.3, -0.25) is 4.79 Å². The number of nitrogens with zero attached hydrogens (tertiary/aromatic N) is 3. The van der Waals surface area contributed by atoms with E-state index in [1.807, 2.05) is 0 Å². The van der Waals surface area contributed by atoms with Crippen LogP contribution in [0.2, 0.25) is 0 Å². The maximum Gasteiger partial charge on any atom is 0.356 e. The molecule has 7 heteroatoms. The number of carbonyl (C=O) groups excluding carboxylic acids is 1. The number of carbonyl (C=O) groups is 2. The summed E-state index contributed by atoms with van der Waals surface area (Å²) in [5, 5.41) is 18.3. The number of aromatic carboxylic acids is 1. The summed E-state index contributed by atoms with van der Waals surface area (Å²) in [7, 11) is 0. The highest BCUT2D eigenvalue weighted by atomic mass is 16.4. The summed E-state index contributed by atoms with van der Waals surface area (Å²) in [6.07, 6.45) is 3.12. The molecule has 1 aliphatic rings. The lowest BCUT2D eigenvalue weighted by Crippen LogP contribution is -2.41. The van der Waals surface area contributed by atoms with Crippen LogP contribution in [0.25, 0.3) is 0 Å². The number of carboxylic acid groups (broad SMARTS) is 1. The number of hydrogen-bond donors (Lipinski definition) is 2. The van der Waals surface area contributed by atoms with Crippen molar-refractivity contribution < 1.29 is 19.8 Å². The fraction of sp³-hybridized carbons (Fsp3) is 0.455. The van der Waals surface area contributed by atoms with Crippen molar-refractivity contribution in [3.63, 3.8) is 0 Å². The topological polar surface area (TPSA) is 104 Å². The van der Waals surface area contributed by atoms with Gasteiger partial charge in [0.25, 0.3) is 5.91 Å². The molecule has 0 atom stereocenters. The molecule has 1 saturated heterocycles. The quantitative estimate of drug-likeness (QED) is 0.752. The highest BCUT2D eigenvalue weighted by Gasteiger charge is 2.27. The molecule has 0 aliphatic carbocycles. The normalized spacial score (nSPS) is 16.6. The van der Waals surface area contributed by atoms with E-state index in [0.29, 0.717) is 25.9 Å². The summed E-state index contributed by atoms with van der Waals surface area (Å²) < 4.78 is 0. The third-order valence-electron chi connectivity index (χ3n) is 2.86. The van der Waals surface area contributed by atoms with Gasteiger partial charge in [-0.15, -0.1) is 0 Å². The van der Waals surface area contributed by atoms with Gasteiger partial charge in [-0.2, -0.15) is 0 Å². The van der Waals surface area contributed by atoms with Crippen molar-refractivity contribution in [2.45, 2.75) is 18.9 Å². The summed E-state index contributed by atoms with van der Waals surface area (Å²) >= 11 is 0. The van der Waals surface area contributed by atoms with Crippen molar-refractivity contribution in [2.24, 2.45) is 0 Å². The number of likely N-dealkylation sites (tertiary alicyclic amines) is 1. The molecule has 0 unspecified atom stereocenters. The van der Waals surface area contributed by atoms with Crippen molar-refractivity contribution in [3.8, 4) is 0 Å². The Kier molecular flexibility index (Phi) is 3.52. The maximum absolute atomic E-state index is 12.1. The minimum absolute atomic E-state index is 0.151. The molecule has 2 heterocycles. The summed E-state index contributed by atoms with van der Waals surface area (Å²) in [5.74, 6) is -1.73. The first-order valence-electron chi connectivity index (χ1n) is 5.61. The predicted octanol–water partition coefficient (Wildman–Crippen LogP) is -0.228. The molecule has 2 rings (SSSR count). The molecule has 7 nitrogen and oxygen atoms in total.